The maximum atomic E-state index is 15.3. The molecule has 0 aliphatic carbocycles. The Labute approximate surface area is 250 Å². The van der Waals surface area contributed by atoms with E-state index in [0.717, 1.165) is 34.7 Å². The number of H-pyrrole nitrogens is 1. The second-order valence-electron chi connectivity index (χ2n) is 10.2. The summed E-state index contributed by atoms with van der Waals surface area (Å²) in [6.45, 7) is 5.96. The van der Waals surface area contributed by atoms with Crippen molar-refractivity contribution in [1.29, 1.82) is 0 Å². The molecule has 228 valence electrons. The molecule has 1 saturated heterocycles. The van der Waals surface area contributed by atoms with Gasteiger partial charge in [0.05, 0.1) is 18.9 Å². The van der Waals surface area contributed by atoms with Crippen LogP contribution in [-0.2, 0) is 4.74 Å². The molecule has 2 aromatic carbocycles. The molecule has 2 aromatic heterocycles. The van der Waals surface area contributed by atoms with Crippen LogP contribution in [-0.4, -0.2) is 41.3 Å². The van der Waals surface area contributed by atoms with Crippen molar-refractivity contribution in [2.24, 2.45) is 5.73 Å². The lowest BCUT2D eigenvalue weighted by atomic mass is 10.2. The monoisotopic (exact) mass is 605 g/mol. The van der Waals surface area contributed by atoms with E-state index in [1.807, 2.05) is 0 Å². The van der Waals surface area contributed by atoms with Crippen molar-refractivity contribution in [1.82, 2.24) is 9.13 Å². The molecule has 0 radical (unpaired) electrons. The highest BCUT2D eigenvalue weighted by Crippen LogP contribution is 2.31. The van der Waals surface area contributed by atoms with Gasteiger partial charge in [-0.2, -0.15) is 0 Å². The van der Waals surface area contributed by atoms with Crippen LogP contribution in [0.1, 0.15) is 35.9 Å². The first-order valence-corrected chi connectivity index (χ1v) is 13.9. The van der Waals surface area contributed by atoms with E-state index in [0.29, 0.717) is 37.7 Å². The van der Waals surface area contributed by atoms with Gasteiger partial charge in [-0.05, 0) is 50.2 Å². The molecule has 0 atom stereocenters. The molecular weight excluding hydrogens is 574 g/mol. The van der Waals surface area contributed by atoms with E-state index in [1.54, 1.807) is 32.2 Å². The first kappa shape index (κ1) is 30.2. The van der Waals surface area contributed by atoms with Crippen LogP contribution < -0.4 is 36.9 Å². The van der Waals surface area contributed by atoms with Crippen molar-refractivity contribution in [3.05, 3.63) is 111 Å². The molecule has 1 aliphatic rings. The SMILES string of the molecule is CC(C)n1cc(C(=O)Nc2ccc(Oc3cc(N4CCOCC4)c[nH+]c3C=CN)c(F)c2)c(=O)n(-c2ccc(F)cc2)c1=O. The number of aromatic amines is 1. The van der Waals surface area contributed by atoms with E-state index in [1.165, 1.54) is 35.0 Å². The van der Waals surface area contributed by atoms with Crippen LogP contribution in [0.5, 0.6) is 11.5 Å². The summed E-state index contributed by atoms with van der Waals surface area (Å²) < 4.78 is 42.1. The summed E-state index contributed by atoms with van der Waals surface area (Å²) in [6, 6.07) is 9.91. The largest absolute Gasteiger partial charge is 0.447 e. The van der Waals surface area contributed by atoms with Crippen LogP contribution in [0.2, 0.25) is 0 Å². The minimum Gasteiger partial charge on any atom is -0.447 e. The number of nitrogens with one attached hydrogen (secondary N) is 2. The maximum Gasteiger partial charge on any atom is 0.335 e. The summed E-state index contributed by atoms with van der Waals surface area (Å²) in [5.41, 5.74) is 5.10. The zero-order valence-corrected chi connectivity index (χ0v) is 24.1. The number of aromatic nitrogens is 3. The fourth-order valence-corrected chi connectivity index (χ4v) is 4.69. The molecule has 1 amide bonds. The standard InChI is InChI=1S/C31H30F2N6O5/c1-19(2)38-18-24(30(41)39(31(38)42)22-6-3-20(32)4-7-22)29(40)36-21-5-8-27(25(33)15-21)44-28-16-23(17-35-26(28)9-10-34)37-11-13-43-14-12-37/h3-10,15-19H,11-14,34H2,1-2H3,(H,36,40)/p+1. The van der Waals surface area contributed by atoms with Crippen LogP contribution in [0.15, 0.2) is 76.7 Å². The van der Waals surface area contributed by atoms with Crippen molar-refractivity contribution in [2.45, 2.75) is 19.9 Å². The Morgan fingerprint density at radius 1 is 1.05 bits per heavy atom. The van der Waals surface area contributed by atoms with Gasteiger partial charge < -0.3 is 25.4 Å². The van der Waals surface area contributed by atoms with E-state index in [4.69, 9.17) is 15.2 Å². The van der Waals surface area contributed by atoms with Crippen molar-refractivity contribution in [3.63, 3.8) is 0 Å². The van der Waals surface area contributed by atoms with Gasteiger partial charge in [-0.25, -0.2) is 23.1 Å². The fraction of sp³-hybridized carbons (Fsp3) is 0.226. The van der Waals surface area contributed by atoms with Gasteiger partial charge in [0.1, 0.15) is 17.1 Å². The number of morpholine rings is 1. The Kier molecular flexibility index (Phi) is 8.86. The zero-order chi connectivity index (χ0) is 31.4. The number of nitrogens with two attached hydrogens (primary N) is 1. The number of carbonyl (C=O) groups is 1. The third-order valence-electron chi connectivity index (χ3n) is 6.97. The van der Waals surface area contributed by atoms with Gasteiger partial charge in [-0.15, -0.1) is 0 Å². The first-order chi connectivity index (χ1) is 21.2. The van der Waals surface area contributed by atoms with E-state index in [-0.39, 0.29) is 22.7 Å². The highest BCUT2D eigenvalue weighted by molar-refractivity contribution is 6.03. The predicted molar refractivity (Wildman–Crippen MR) is 160 cm³/mol. The predicted octanol–water partition coefficient (Wildman–Crippen LogP) is 3.48. The number of hydrogen-bond donors (Lipinski definition) is 2. The average Bonchev–Trinajstić information content (AvgIpc) is 3.00. The van der Waals surface area contributed by atoms with Gasteiger partial charge in [0.2, 0.25) is 11.4 Å². The topological polar surface area (TPSA) is 135 Å². The Bertz CT molecular complexity index is 1830. The van der Waals surface area contributed by atoms with E-state index in [9.17, 15) is 18.8 Å². The molecule has 3 heterocycles. The lowest BCUT2D eigenvalue weighted by molar-refractivity contribution is -0.380. The molecule has 13 heteroatoms. The first-order valence-electron chi connectivity index (χ1n) is 13.9. The van der Waals surface area contributed by atoms with Crippen molar-refractivity contribution in [3.8, 4) is 17.2 Å². The van der Waals surface area contributed by atoms with Crippen LogP contribution in [0, 0.1) is 11.6 Å². The molecule has 0 spiro atoms. The number of hydrogen-bond acceptors (Lipinski definition) is 7. The molecule has 4 aromatic rings. The van der Waals surface area contributed by atoms with Crippen LogP contribution in [0.25, 0.3) is 11.8 Å². The second-order valence-corrected chi connectivity index (χ2v) is 10.2. The Morgan fingerprint density at radius 3 is 2.43 bits per heavy atom. The van der Waals surface area contributed by atoms with Gasteiger partial charge in [0, 0.05) is 55.4 Å². The third kappa shape index (κ3) is 6.37. The number of ether oxygens (including phenoxy) is 2. The van der Waals surface area contributed by atoms with E-state index < -0.39 is 34.8 Å². The molecule has 5 rings (SSSR count). The fourth-order valence-electron chi connectivity index (χ4n) is 4.69. The highest BCUT2D eigenvalue weighted by atomic mass is 19.1. The lowest BCUT2D eigenvalue weighted by Crippen LogP contribution is -2.42. The number of amides is 1. The normalized spacial score (nSPS) is 13.4. The summed E-state index contributed by atoms with van der Waals surface area (Å²) in [5.74, 6) is -1.99. The number of carbonyl (C=O) groups excluding carboxylic acids is 1. The number of pyridine rings is 1. The smallest absolute Gasteiger partial charge is 0.335 e. The third-order valence-corrected chi connectivity index (χ3v) is 6.97. The van der Waals surface area contributed by atoms with Crippen LogP contribution in [0.4, 0.5) is 20.2 Å². The molecule has 1 fully saturated rings. The highest BCUT2D eigenvalue weighted by Gasteiger charge is 2.22. The number of rotatable bonds is 8. The summed E-state index contributed by atoms with van der Waals surface area (Å²) in [6.07, 6.45) is 5.87. The minimum atomic E-state index is -0.909. The molecule has 1 aliphatic heterocycles. The van der Waals surface area contributed by atoms with Gasteiger partial charge in [0.15, 0.2) is 17.8 Å². The quantitative estimate of drug-likeness (QED) is 0.314. The number of nitrogens with zero attached hydrogens (tertiary/aromatic N) is 3. The van der Waals surface area contributed by atoms with E-state index in [2.05, 4.69) is 15.2 Å². The maximum absolute atomic E-state index is 15.3. The number of benzene rings is 2. The Hall–Kier alpha value is -5.30. The van der Waals surface area contributed by atoms with Crippen molar-refractivity contribution in [2.75, 3.05) is 36.5 Å². The molecule has 0 bridgehead atoms. The molecular formula is C31H31F2N6O5+. The van der Waals surface area contributed by atoms with Gasteiger partial charge in [0.25, 0.3) is 11.5 Å². The minimum absolute atomic E-state index is 0.0468. The molecule has 11 nitrogen and oxygen atoms in total. The second kappa shape index (κ2) is 12.9. The zero-order valence-electron chi connectivity index (χ0n) is 24.1. The van der Waals surface area contributed by atoms with Gasteiger partial charge >= 0.3 is 5.69 Å². The van der Waals surface area contributed by atoms with Crippen molar-refractivity contribution < 1.29 is 28.0 Å². The average molecular weight is 606 g/mol. The summed E-state index contributed by atoms with van der Waals surface area (Å²) in [4.78, 5) is 44.9. The molecule has 4 N–H and O–H groups in total. The lowest BCUT2D eigenvalue weighted by Gasteiger charge is -2.27. The summed E-state index contributed by atoms with van der Waals surface area (Å²) >= 11 is 0. The number of halogens is 2. The molecule has 0 unspecified atom stereocenters. The Balaban J connectivity index is 1.42. The number of anilines is 2. The Morgan fingerprint density at radius 2 is 1.77 bits per heavy atom. The molecule has 0 saturated carbocycles. The van der Waals surface area contributed by atoms with Crippen molar-refractivity contribution >= 4 is 23.4 Å². The summed E-state index contributed by atoms with van der Waals surface area (Å²) in [5, 5.41) is 2.51. The van der Waals surface area contributed by atoms with Gasteiger partial charge in [-0.3, -0.25) is 14.2 Å². The van der Waals surface area contributed by atoms with Crippen LogP contribution in [0.3, 0.4) is 0 Å². The van der Waals surface area contributed by atoms with E-state index >= 15 is 4.39 Å². The van der Waals surface area contributed by atoms with Gasteiger partial charge in [-0.1, -0.05) is 0 Å². The summed E-state index contributed by atoms with van der Waals surface area (Å²) in [7, 11) is 0. The van der Waals surface area contributed by atoms with Crippen LogP contribution >= 0.6 is 0 Å². The molecule has 44 heavy (non-hydrogen) atoms.